The van der Waals surface area contributed by atoms with Gasteiger partial charge in [0.05, 0.1) is 11.2 Å². The third-order valence-electron chi connectivity index (χ3n) is 1.75. The van der Waals surface area contributed by atoms with Crippen LogP contribution in [0.2, 0.25) is 10.0 Å². The van der Waals surface area contributed by atoms with E-state index in [0.29, 0.717) is 21.6 Å². The Balaban J connectivity index is 2.07. The SMILES string of the molecule is Clc1ccc(Cl)c(OCc2ccno2)c1. The number of halogens is 2. The molecular weight excluding hydrogens is 237 g/mol. The van der Waals surface area contributed by atoms with Crippen molar-refractivity contribution in [3.05, 3.63) is 46.3 Å². The van der Waals surface area contributed by atoms with Gasteiger partial charge in [-0.05, 0) is 12.1 Å². The van der Waals surface area contributed by atoms with Gasteiger partial charge in [-0.25, -0.2) is 0 Å². The highest BCUT2D eigenvalue weighted by Crippen LogP contribution is 2.28. The molecular formula is C10H7Cl2NO2. The molecule has 1 aromatic carbocycles. The first kappa shape index (κ1) is 10.3. The molecule has 0 unspecified atom stereocenters. The number of hydrogen-bond acceptors (Lipinski definition) is 3. The summed E-state index contributed by atoms with van der Waals surface area (Å²) in [5, 5.41) is 4.65. The zero-order valence-electron chi connectivity index (χ0n) is 7.61. The Hall–Kier alpha value is -1.19. The van der Waals surface area contributed by atoms with Crippen molar-refractivity contribution in [3.63, 3.8) is 0 Å². The zero-order chi connectivity index (χ0) is 10.7. The maximum atomic E-state index is 5.91. The number of hydrogen-bond donors (Lipinski definition) is 0. The highest BCUT2D eigenvalue weighted by atomic mass is 35.5. The van der Waals surface area contributed by atoms with Crippen LogP contribution >= 0.6 is 23.2 Å². The maximum absolute atomic E-state index is 5.91. The van der Waals surface area contributed by atoms with E-state index in [0.717, 1.165) is 0 Å². The topological polar surface area (TPSA) is 35.3 Å². The molecule has 78 valence electrons. The first-order valence-corrected chi connectivity index (χ1v) is 4.99. The molecule has 0 spiro atoms. The zero-order valence-corrected chi connectivity index (χ0v) is 9.13. The van der Waals surface area contributed by atoms with Gasteiger partial charge in [-0.2, -0.15) is 0 Å². The Bertz CT molecular complexity index is 443. The highest BCUT2D eigenvalue weighted by molar-refractivity contribution is 6.34. The largest absolute Gasteiger partial charge is 0.484 e. The van der Waals surface area contributed by atoms with Crippen molar-refractivity contribution in [1.82, 2.24) is 5.16 Å². The van der Waals surface area contributed by atoms with E-state index in [2.05, 4.69) is 5.16 Å². The van der Waals surface area contributed by atoms with Crippen LogP contribution < -0.4 is 4.74 Å². The molecule has 0 fully saturated rings. The third-order valence-corrected chi connectivity index (χ3v) is 2.30. The van der Waals surface area contributed by atoms with Crippen LogP contribution in [0.3, 0.4) is 0 Å². The summed E-state index contributed by atoms with van der Waals surface area (Å²) in [5.74, 6) is 1.16. The Morgan fingerprint density at radius 1 is 1.27 bits per heavy atom. The normalized spacial score (nSPS) is 10.3. The van der Waals surface area contributed by atoms with Crippen molar-refractivity contribution < 1.29 is 9.26 Å². The molecule has 0 aliphatic rings. The summed E-state index contributed by atoms with van der Waals surface area (Å²) in [6.07, 6.45) is 1.55. The van der Waals surface area contributed by atoms with E-state index in [1.165, 1.54) is 0 Å². The lowest BCUT2D eigenvalue weighted by Gasteiger charge is -2.05. The van der Waals surface area contributed by atoms with E-state index >= 15 is 0 Å². The fraction of sp³-hybridized carbons (Fsp3) is 0.100. The van der Waals surface area contributed by atoms with E-state index in [1.807, 2.05) is 0 Å². The van der Waals surface area contributed by atoms with E-state index in [1.54, 1.807) is 30.5 Å². The van der Waals surface area contributed by atoms with Crippen LogP contribution in [0.15, 0.2) is 35.0 Å². The van der Waals surface area contributed by atoms with Gasteiger partial charge in [-0.3, -0.25) is 0 Å². The Labute approximate surface area is 96.5 Å². The average Bonchev–Trinajstić information content (AvgIpc) is 2.72. The van der Waals surface area contributed by atoms with E-state index in [-0.39, 0.29) is 6.61 Å². The second kappa shape index (κ2) is 4.55. The fourth-order valence-corrected chi connectivity index (χ4v) is 1.39. The first-order valence-electron chi connectivity index (χ1n) is 4.23. The first-order chi connectivity index (χ1) is 7.25. The lowest BCUT2D eigenvalue weighted by Crippen LogP contribution is -1.94. The van der Waals surface area contributed by atoms with Gasteiger partial charge in [0.25, 0.3) is 0 Å². The van der Waals surface area contributed by atoms with Crippen molar-refractivity contribution in [2.24, 2.45) is 0 Å². The Morgan fingerprint density at radius 3 is 2.87 bits per heavy atom. The van der Waals surface area contributed by atoms with Crippen molar-refractivity contribution in [2.75, 3.05) is 0 Å². The van der Waals surface area contributed by atoms with Gasteiger partial charge in [-0.15, -0.1) is 0 Å². The number of rotatable bonds is 3. The second-order valence-electron chi connectivity index (χ2n) is 2.84. The van der Waals surface area contributed by atoms with E-state index in [4.69, 9.17) is 32.5 Å². The standard InChI is InChI=1S/C10H7Cl2NO2/c11-7-1-2-9(12)10(5-7)14-6-8-3-4-13-15-8/h1-5H,6H2. The molecule has 15 heavy (non-hydrogen) atoms. The summed E-state index contributed by atoms with van der Waals surface area (Å²) >= 11 is 11.7. The summed E-state index contributed by atoms with van der Waals surface area (Å²) in [7, 11) is 0. The molecule has 0 aliphatic heterocycles. The van der Waals surface area contributed by atoms with Gasteiger partial charge in [0.2, 0.25) is 0 Å². The van der Waals surface area contributed by atoms with Crippen LogP contribution in [-0.4, -0.2) is 5.16 Å². The summed E-state index contributed by atoms with van der Waals surface area (Å²) in [6.45, 7) is 0.278. The Morgan fingerprint density at radius 2 is 2.13 bits per heavy atom. The van der Waals surface area contributed by atoms with Crippen LogP contribution in [-0.2, 0) is 6.61 Å². The molecule has 0 saturated carbocycles. The van der Waals surface area contributed by atoms with Gasteiger partial charge in [0.15, 0.2) is 5.76 Å². The molecule has 0 N–H and O–H groups in total. The van der Waals surface area contributed by atoms with Crippen LogP contribution in [0.5, 0.6) is 5.75 Å². The van der Waals surface area contributed by atoms with Gasteiger partial charge in [-0.1, -0.05) is 28.4 Å². The molecule has 1 aromatic heterocycles. The molecule has 0 amide bonds. The summed E-state index contributed by atoms with van der Waals surface area (Å²) in [5.41, 5.74) is 0. The lowest BCUT2D eigenvalue weighted by atomic mass is 10.3. The minimum atomic E-state index is 0.278. The van der Waals surface area contributed by atoms with Crippen LogP contribution in [0.25, 0.3) is 0 Å². The molecule has 2 aromatic rings. The van der Waals surface area contributed by atoms with Crippen LogP contribution in [0.1, 0.15) is 5.76 Å². The van der Waals surface area contributed by atoms with Crippen molar-refractivity contribution >= 4 is 23.2 Å². The summed E-state index contributed by atoms with van der Waals surface area (Å²) in [6, 6.07) is 6.75. The van der Waals surface area contributed by atoms with Gasteiger partial charge in [0, 0.05) is 17.2 Å². The van der Waals surface area contributed by atoms with Gasteiger partial charge >= 0.3 is 0 Å². The number of nitrogens with zero attached hydrogens (tertiary/aromatic N) is 1. The Kier molecular flexibility index (Phi) is 3.14. The predicted octanol–water partition coefficient (Wildman–Crippen LogP) is 3.56. The van der Waals surface area contributed by atoms with Crippen molar-refractivity contribution in [1.29, 1.82) is 0 Å². The minimum absolute atomic E-state index is 0.278. The number of ether oxygens (including phenoxy) is 1. The third kappa shape index (κ3) is 2.64. The lowest BCUT2D eigenvalue weighted by molar-refractivity contribution is 0.249. The molecule has 2 rings (SSSR count). The van der Waals surface area contributed by atoms with Crippen molar-refractivity contribution in [3.8, 4) is 5.75 Å². The number of benzene rings is 1. The average molecular weight is 244 g/mol. The van der Waals surface area contributed by atoms with Crippen LogP contribution in [0, 0.1) is 0 Å². The predicted molar refractivity (Wildman–Crippen MR) is 57.3 cm³/mol. The summed E-state index contributed by atoms with van der Waals surface area (Å²) < 4.78 is 10.3. The molecule has 0 atom stereocenters. The van der Waals surface area contributed by atoms with E-state index < -0.39 is 0 Å². The van der Waals surface area contributed by atoms with Gasteiger partial charge < -0.3 is 9.26 Å². The monoisotopic (exact) mass is 243 g/mol. The van der Waals surface area contributed by atoms with Crippen molar-refractivity contribution in [2.45, 2.75) is 6.61 Å². The molecule has 0 aliphatic carbocycles. The van der Waals surface area contributed by atoms with Crippen LogP contribution in [0.4, 0.5) is 0 Å². The number of aromatic nitrogens is 1. The summed E-state index contributed by atoms with van der Waals surface area (Å²) in [4.78, 5) is 0. The van der Waals surface area contributed by atoms with Gasteiger partial charge in [0.1, 0.15) is 12.4 Å². The van der Waals surface area contributed by atoms with E-state index in [9.17, 15) is 0 Å². The fourth-order valence-electron chi connectivity index (χ4n) is 1.05. The smallest absolute Gasteiger partial charge is 0.174 e. The second-order valence-corrected chi connectivity index (χ2v) is 3.69. The quantitative estimate of drug-likeness (QED) is 0.827. The molecule has 0 saturated heterocycles. The molecule has 0 radical (unpaired) electrons. The molecule has 0 bridgehead atoms. The molecule has 3 nitrogen and oxygen atoms in total. The highest BCUT2D eigenvalue weighted by Gasteiger charge is 2.04. The molecule has 5 heteroatoms. The molecule has 1 heterocycles. The maximum Gasteiger partial charge on any atom is 0.174 e. The minimum Gasteiger partial charge on any atom is -0.484 e.